The number of alkyl halides is 6. The number of ether oxygens (including phenoxy) is 9. The molecule has 2 aliphatic heterocycles. The Balaban J connectivity index is 0.000000197. The molecule has 30 nitrogen and oxygen atoms in total. The normalized spacial score (nSPS) is 32.6. The zero-order valence-electron chi connectivity index (χ0n) is 84.9. The second-order valence-electron chi connectivity index (χ2n) is 43.4. The van der Waals surface area contributed by atoms with E-state index in [4.69, 9.17) is 73.3 Å². The standard InChI is InChI=1S/C16H24O2.C14H20O3.C12H14O4.C12H18O2.C12H20O2.C11H12F6O.C11H16O3.C8H10O4.C8H10O2.CH2BNO2.BFHNO.BHNO/c1-2-16(8-4-3-5-9-16)18-15(17)14-11-12-6-7-13(14)10-12;1-9(2)12(15)17-14-6-10-3-11(7-14)5-13(16,4-10)8-14;13-11(16-10-3-4-15-12(10)14)9-6-7-1-2-8(9)5-7;1-12(2,3)14-11(13)10-7-8-4-5-9(10)6-8;1-4-12(8-6-5-7-9-12)14-11(13)10(2)3;12-10(13,14)9(18,11(15,16)17)5-8-4-6-1-2-7(8)3-6;1-7(12)6-14-11(13)10-5-8-2-3-9(10)4-8;1-5(2)7(9)12-6-3-4-11-8(6)10;9-8(10)7-4-5-1-2-6(7)3-5;4-1-3-2-5;2-3-1-4;1-2-3/h6-7,12-14H,2-5,8-11H2,1H3;10-11,16H,1,3-8H2,2H3;1-2,7-10H,3-6H2;4-5,8-10H,6-7H2,1-3H3;2,4-9H2,1,3H3;1-2,6-8,18H,3-5H2;2-3,7-10,12H,4-6H2,1H3;6H,1,3-4H2,2H3;1-2,5-7H,3-4H2,(H,9,10);1,5H;4H;3H. The maximum absolute atomic E-state index is 12.5. The summed E-state index contributed by atoms with van der Waals surface area (Å²) in [6.07, 6.45) is 41.9. The SMILES string of the molecule is C=C(C)C(=O)OC1(CC)CCCCC1.C=C(C)C(=O)OC12CC3CC(CC(O)(C3)C1)C2.C=C(C)C(=O)OC1CCOC1=O.CC(C)(C)OC(=O)C1CC2C=CC1C2.CC(O)COC(=O)C1CC2C=CC1C2.CCC1(OC(=O)C2CC3C=CC2C3)CCCCC1.O=C(O)C1CC2C=CC1C2.O=C1OCCC1OC(=O)C1CC2C=CC1C2.O=CN=BO.OB=NF.OC(CC1CC2C=CC1C2)(C(F)(F)F)C(F)(F)F.[B]=NO. The monoisotopic (exact) mass is 2050 g/mol. The zero-order chi connectivity index (χ0) is 107. The van der Waals surface area contributed by atoms with Crippen molar-refractivity contribution in [2.75, 3.05) is 19.8 Å². The summed E-state index contributed by atoms with van der Waals surface area (Å²) in [5, 5.41) is 62.7. The van der Waals surface area contributed by atoms with Gasteiger partial charge < -0.3 is 63.1 Å². The number of carbonyl (C=O) groups is 11. The van der Waals surface area contributed by atoms with Gasteiger partial charge in [-0.3, -0.25) is 24.0 Å². The van der Waals surface area contributed by atoms with Gasteiger partial charge in [0.1, 0.15) is 29.0 Å². The van der Waals surface area contributed by atoms with Gasteiger partial charge in [-0.2, -0.15) is 26.3 Å². The van der Waals surface area contributed by atoms with E-state index in [1.165, 1.54) is 58.3 Å². The fraction of sp³-hybridized carbons (Fsp3) is 0.724. The molecule has 0 spiro atoms. The Morgan fingerprint density at radius 3 is 1.19 bits per heavy atom. The van der Waals surface area contributed by atoms with Gasteiger partial charge >= 0.3 is 140 Å². The van der Waals surface area contributed by atoms with Gasteiger partial charge in [-0.15, -0.1) is 0 Å². The molecule has 1 amide bonds. The molecule has 12 saturated carbocycles. The van der Waals surface area contributed by atoms with E-state index in [0.29, 0.717) is 128 Å². The number of cyclic esters (lactones) is 2. The number of aliphatic carboxylic acids is 1. The summed E-state index contributed by atoms with van der Waals surface area (Å²) in [5.74, 6) is 2.50. The minimum atomic E-state index is -5.70. The van der Waals surface area contributed by atoms with Crippen LogP contribution in [0.1, 0.15) is 274 Å². The first kappa shape index (κ1) is 121. The summed E-state index contributed by atoms with van der Waals surface area (Å²) in [4.78, 5) is 126. The first-order valence-corrected chi connectivity index (χ1v) is 51.0. The molecule has 7 N–H and O–H groups in total. The van der Waals surface area contributed by atoms with Crippen molar-refractivity contribution >= 4 is 88.3 Å². The first-order chi connectivity index (χ1) is 68.2. The number of carbonyl (C=O) groups excluding carboxylic acids is 10. The van der Waals surface area contributed by atoms with Gasteiger partial charge in [0.05, 0.1) is 54.5 Å². The van der Waals surface area contributed by atoms with E-state index in [0.717, 1.165) is 122 Å². The number of hydrogen-bond donors (Lipinski definition) is 7. The van der Waals surface area contributed by atoms with Crippen molar-refractivity contribution in [3.05, 3.63) is 109 Å². The van der Waals surface area contributed by atoms with Crippen LogP contribution in [0.15, 0.2) is 124 Å². The molecule has 23 unspecified atom stereocenters. The number of allylic oxidation sites excluding steroid dienone is 12. The second kappa shape index (κ2) is 54.6. The van der Waals surface area contributed by atoms with Crippen LogP contribution in [0.25, 0.3) is 0 Å². The fourth-order valence-electron chi connectivity index (χ4n) is 24.1. The summed E-state index contributed by atoms with van der Waals surface area (Å²) >= 11 is 0. The van der Waals surface area contributed by atoms with Crippen LogP contribution in [-0.4, -0.2) is 208 Å². The molecule has 14 fully saturated rings. The van der Waals surface area contributed by atoms with Crippen LogP contribution in [0.2, 0.25) is 0 Å². The van der Waals surface area contributed by atoms with Gasteiger partial charge in [-0.25, -0.2) is 24.0 Å². The van der Waals surface area contributed by atoms with E-state index in [1.54, 1.807) is 32.0 Å². The molecule has 803 valence electrons. The predicted molar refractivity (Wildman–Crippen MR) is 517 cm³/mol. The quantitative estimate of drug-likeness (QED) is 0.00870. The molecule has 145 heavy (non-hydrogen) atoms. The molecular weight excluding hydrogens is 1900 g/mol. The van der Waals surface area contributed by atoms with E-state index in [9.17, 15) is 83.9 Å². The van der Waals surface area contributed by atoms with E-state index in [-0.39, 0.29) is 126 Å². The van der Waals surface area contributed by atoms with Crippen LogP contribution in [0.5, 0.6) is 0 Å². The minimum absolute atomic E-state index is 0.00523. The molecule has 18 aliphatic carbocycles. The molecule has 2 heterocycles. The number of fused-ring (bicyclic) bond motifs is 12. The Morgan fingerprint density at radius 1 is 0.524 bits per heavy atom. The molecular formula is C105H148B3F7N3O27. The average molecular weight is 2050 g/mol. The Bertz CT molecular complexity index is 4670. The molecule has 2 saturated heterocycles. The van der Waals surface area contributed by atoms with Gasteiger partial charge in [0.2, 0.25) is 12.2 Å². The topological polar surface area (TPSA) is 450 Å². The van der Waals surface area contributed by atoms with Crippen LogP contribution in [0.4, 0.5) is 30.8 Å². The molecule has 20 rings (SSSR count). The van der Waals surface area contributed by atoms with Crippen LogP contribution in [-0.2, 0) is 95.4 Å². The number of rotatable bonds is 20. The van der Waals surface area contributed by atoms with Crippen molar-refractivity contribution in [1.29, 1.82) is 0 Å². The molecule has 16 bridgehead atoms. The summed E-state index contributed by atoms with van der Waals surface area (Å²) < 4.78 is 132. The van der Waals surface area contributed by atoms with E-state index < -0.39 is 83.7 Å². The van der Waals surface area contributed by atoms with E-state index >= 15 is 0 Å². The molecule has 1 radical (unpaired) electrons. The fourth-order valence-corrected chi connectivity index (χ4v) is 24.1. The van der Waals surface area contributed by atoms with Crippen molar-refractivity contribution in [2.45, 2.75) is 338 Å². The Hall–Kier alpha value is -9.59. The number of carboxylic acids is 1. The van der Waals surface area contributed by atoms with Crippen molar-refractivity contribution in [2.24, 2.45) is 133 Å². The van der Waals surface area contributed by atoms with Gasteiger partial charge in [0.25, 0.3) is 5.60 Å². The van der Waals surface area contributed by atoms with Crippen LogP contribution >= 0.6 is 0 Å². The summed E-state index contributed by atoms with van der Waals surface area (Å²) in [6, 6.07) is 0. The Morgan fingerprint density at radius 2 is 0.890 bits per heavy atom. The molecule has 0 aromatic heterocycles. The third-order valence-corrected chi connectivity index (χ3v) is 30.9. The number of hydrogen-bond acceptors (Lipinski definition) is 26. The van der Waals surface area contributed by atoms with Gasteiger partial charge in [0, 0.05) is 36.0 Å². The van der Waals surface area contributed by atoms with Crippen LogP contribution < -0.4 is 0 Å². The average Bonchev–Trinajstić information content (AvgIpc) is 1.68. The number of amides is 1. The van der Waals surface area contributed by atoms with Crippen molar-refractivity contribution < 1.29 is 162 Å². The van der Waals surface area contributed by atoms with Gasteiger partial charge in [-0.05, 0) is 317 Å². The van der Waals surface area contributed by atoms with E-state index in [2.05, 4.69) is 112 Å². The third kappa shape index (κ3) is 35.0. The second-order valence-corrected chi connectivity index (χ2v) is 43.4. The number of halogens is 7. The number of nitrogens with zero attached hydrogens (tertiary/aromatic N) is 3. The molecule has 0 aromatic rings. The van der Waals surface area contributed by atoms with Gasteiger partial charge in [-0.1, -0.05) is 119 Å². The Kier molecular flexibility index (Phi) is 45.4. The van der Waals surface area contributed by atoms with E-state index in [1.807, 2.05) is 31.9 Å². The van der Waals surface area contributed by atoms with Crippen LogP contribution in [0.3, 0.4) is 0 Å². The summed E-state index contributed by atoms with van der Waals surface area (Å²) in [6.45, 7) is 28.0. The summed E-state index contributed by atoms with van der Waals surface area (Å²) in [7, 11) is 4.55. The van der Waals surface area contributed by atoms with Crippen LogP contribution in [0, 0.1) is 118 Å². The molecule has 40 heteroatoms. The number of esters is 9. The van der Waals surface area contributed by atoms with Crippen molar-refractivity contribution in [3.8, 4) is 0 Å². The van der Waals surface area contributed by atoms with Crippen molar-refractivity contribution in [3.63, 3.8) is 0 Å². The third-order valence-electron chi connectivity index (χ3n) is 30.9. The first-order valence-electron chi connectivity index (χ1n) is 51.0. The van der Waals surface area contributed by atoms with Crippen molar-refractivity contribution in [1.82, 2.24) is 0 Å². The number of carboxylic acid groups (broad SMARTS) is 1. The number of aliphatic hydroxyl groups excluding tert-OH is 1. The summed E-state index contributed by atoms with van der Waals surface area (Å²) in [5.41, 5.74) is -4.97. The Labute approximate surface area is 847 Å². The maximum atomic E-state index is 12.5. The molecule has 20 aliphatic rings. The number of aliphatic hydroxyl groups is 3. The molecule has 23 atom stereocenters. The predicted octanol–water partition coefficient (Wildman–Crippen LogP) is 17.5. The van der Waals surface area contributed by atoms with Gasteiger partial charge in [0.15, 0.2) is 0 Å². The zero-order valence-corrected chi connectivity index (χ0v) is 84.9. The molecule has 0 aromatic carbocycles.